The number of aromatic amines is 1. The number of amides is 1. The molecule has 0 aliphatic heterocycles. The van der Waals surface area contributed by atoms with Crippen molar-refractivity contribution in [1.29, 1.82) is 0 Å². The number of rotatable bonds is 6. The van der Waals surface area contributed by atoms with Gasteiger partial charge in [0.2, 0.25) is 5.91 Å². The predicted molar refractivity (Wildman–Crippen MR) is 61.7 cm³/mol. The Morgan fingerprint density at radius 3 is 2.71 bits per heavy atom. The molecule has 0 aliphatic rings. The minimum Gasteiger partial charge on any atom is -0.355 e. The molecule has 0 saturated carbocycles. The fourth-order valence-corrected chi connectivity index (χ4v) is 2.61. The zero-order valence-electron chi connectivity index (χ0n) is 9.80. The van der Waals surface area contributed by atoms with Gasteiger partial charge in [-0.1, -0.05) is 6.92 Å². The maximum absolute atomic E-state index is 12.0. The second-order valence-corrected chi connectivity index (χ2v) is 5.21. The summed E-state index contributed by atoms with van der Waals surface area (Å²) in [5, 5.41) is 8.52. The average molecular weight is 260 g/mol. The molecule has 0 saturated heterocycles. The van der Waals surface area contributed by atoms with Crippen molar-refractivity contribution in [2.75, 3.05) is 19.6 Å². The fourth-order valence-electron chi connectivity index (χ4n) is 1.31. The number of hydrogen-bond donors (Lipinski definition) is 2. The predicted octanol–water partition coefficient (Wildman–Crippen LogP) is -0.444. The van der Waals surface area contributed by atoms with Crippen LogP contribution in [-0.4, -0.2) is 48.5 Å². The van der Waals surface area contributed by atoms with Crippen LogP contribution in [0.15, 0.2) is 17.3 Å². The molecule has 0 bridgehead atoms. The van der Waals surface area contributed by atoms with Crippen molar-refractivity contribution in [1.82, 2.24) is 19.8 Å². The Labute approximate surface area is 100 Å². The van der Waals surface area contributed by atoms with Crippen molar-refractivity contribution in [3.8, 4) is 0 Å². The van der Waals surface area contributed by atoms with Crippen LogP contribution < -0.4 is 5.32 Å². The first-order chi connectivity index (χ1) is 8.02. The molecule has 1 aromatic heterocycles. The van der Waals surface area contributed by atoms with Gasteiger partial charge < -0.3 is 5.32 Å². The lowest BCUT2D eigenvalue weighted by Gasteiger charge is -2.18. The third kappa shape index (κ3) is 3.27. The number of aromatic nitrogens is 2. The van der Waals surface area contributed by atoms with Crippen LogP contribution in [0.25, 0.3) is 0 Å². The molecule has 1 rings (SSSR count). The van der Waals surface area contributed by atoms with E-state index in [0.717, 1.165) is 4.31 Å². The third-order valence-corrected chi connectivity index (χ3v) is 3.99. The minimum absolute atomic E-state index is 0.0105. The van der Waals surface area contributed by atoms with E-state index in [9.17, 15) is 13.2 Å². The van der Waals surface area contributed by atoms with Crippen LogP contribution in [0.4, 0.5) is 0 Å². The van der Waals surface area contributed by atoms with Crippen LogP contribution in [0, 0.1) is 0 Å². The zero-order chi connectivity index (χ0) is 12.9. The summed E-state index contributed by atoms with van der Waals surface area (Å²) in [6.07, 6.45) is 1.35. The molecule has 17 heavy (non-hydrogen) atoms. The summed E-state index contributed by atoms with van der Waals surface area (Å²) >= 11 is 0. The van der Waals surface area contributed by atoms with Crippen LogP contribution in [0.1, 0.15) is 13.8 Å². The Hall–Kier alpha value is -1.41. The topological polar surface area (TPSA) is 95.2 Å². The lowest BCUT2D eigenvalue weighted by molar-refractivity contribution is -0.121. The molecule has 2 N–H and O–H groups in total. The second-order valence-electron chi connectivity index (χ2n) is 3.31. The number of sulfonamides is 1. The largest absolute Gasteiger partial charge is 0.355 e. The van der Waals surface area contributed by atoms with Crippen molar-refractivity contribution in [2.45, 2.75) is 18.9 Å². The highest BCUT2D eigenvalue weighted by Crippen LogP contribution is 2.11. The first-order valence-electron chi connectivity index (χ1n) is 5.28. The summed E-state index contributed by atoms with van der Waals surface area (Å²) in [6.45, 7) is 3.95. The summed E-state index contributed by atoms with van der Waals surface area (Å²) in [6, 6.07) is 1.36. The van der Waals surface area contributed by atoms with Crippen molar-refractivity contribution >= 4 is 15.9 Å². The maximum Gasteiger partial charge on any atom is 0.260 e. The van der Waals surface area contributed by atoms with E-state index in [4.69, 9.17) is 0 Å². The monoisotopic (exact) mass is 260 g/mol. The van der Waals surface area contributed by atoms with Gasteiger partial charge in [0, 0.05) is 13.1 Å². The van der Waals surface area contributed by atoms with Gasteiger partial charge in [-0.3, -0.25) is 9.89 Å². The summed E-state index contributed by atoms with van der Waals surface area (Å²) in [5.74, 6) is -0.322. The van der Waals surface area contributed by atoms with Crippen molar-refractivity contribution in [2.24, 2.45) is 0 Å². The number of carbonyl (C=O) groups excluding carboxylic acids is 1. The van der Waals surface area contributed by atoms with Gasteiger partial charge in [-0.2, -0.15) is 9.40 Å². The molecule has 0 aliphatic carbocycles. The van der Waals surface area contributed by atoms with Gasteiger partial charge in [0.25, 0.3) is 10.0 Å². The highest BCUT2D eigenvalue weighted by Gasteiger charge is 2.25. The molecule has 0 atom stereocenters. The van der Waals surface area contributed by atoms with E-state index in [2.05, 4.69) is 15.5 Å². The van der Waals surface area contributed by atoms with Crippen LogP contribution in [-0.2, 0) is 14.8 Å². The molecule has 96 valence electrons. The number of likely N-dealkylation sites (N-methyl/N-ethyl adjacent to an activating group) is 2. The van der Waals surface area contributed by atoms with Crippen LogP contribution >= 0.6 is 0 Å². The first-order valence-corrected chi connectivity index (χ1v) is 6.72. The Morgan fingerprint density at radius 2 is 2.24 bits per heavy atom. The van der Waals surface area contributed by atoms with Crippen molar-refractivity contribution in [3.05, 3.63) is 12.3 Å². The van der Waals surface area contributed by atoms with Gasteiger partial charge in [0.05, 0.1) is 12.7 Å². The SMILES string of the molecule is CCNC(=O)CN(CC)S(=O)(=O)c1ccn[nH]1. The highest BCUT2D eigenvalue weighted by molar-refractivity contribution is 7.89. The van der Waals surface area contributed by atoms with Crippen LogP contribution in [0.3, 0.4) is 0 Å². The molecular formula is C9H16N4O3S. The van der Waals surface area contributed by atoms with Gasteiger partial charge >= 0.3 is 0 Å². The quantitative estimate of drug-likeness (QED) is 0.724. The van der Waals surface area contributed by atoms with Gasteiger partial charge in [-0.25, -0.2) is 8.42 Å². The number of nitrogens with one attached hydrogen (secondary N) is 2. The van der Waals surface area contributed by atoms with Crippen LogP contribution in [0.2, 0.25) is 0 Å². The molecule has 0 radical (unpaired) electrons. The average Bonchev–Trinajstić information content (AvgIpc) is 2.80. The maximum atomic E-state index is 12.0. The van der Waals surface area contributed by atoms with E-state index in [0.29, 0.717) is 6.54 Å². The number of nitrogens with zero attached hydrogens (tertiary/aromatic N) is 2. The summed E-state index contributed by atoms with van der Waals surface area (Å²) in [4.78, 5) is 11.4. The first kappa shape index (κ1) is 13.7. The lowest BCUT2D eigenvalue weighted by atomic mass is 10.5. The van der Waals surface area contributed by atoms with Crippen molar-refractivity contribution in [3.63, 3.8) is 0 Å². The third-order valence-electron chi connectivity index (χ3n) is 2.14. The fraction of sp³-hybridized carbons (Fsp3) is 0.556. The molecule has 1 aromatic rings. The summed E-state index contributed by atoms with van der Waals surface area (Å²) in [7, 11) is -3.67. The summed E-state index contributed by atoms with van der Waals surface area (Å²) < 4.78 is 25.2. The lowest BCUT2D eigenvalue weighted by Crippen LogP contribution is -2.40. The Bertz CT molecular complexity index is 455. The van der Waals surface area contributed by atoms with E-state index >= 15 is 0 Å². The molecule has 0 spiro atoms. The summed E-state index contributed by atoms with van der Waals surface area (Å²) in [5.41, 5.74) is 0. The molecule has 0 fully saturated rings. The van der Waals surface area contributed by atoms with Gasteiger partial charge in [-0.15, -0.1) is 0 Å². The Balaban J connectivity index is 2.84. The standard InChI is InChI=1S/C9H16N4O3S/c1-3-10-8(14)7-13(4-2)17(15,16)9-5-6-11-12-9/h5-6H,3-4,7H2,1-2H3,(H,10,14)(H,11,12). The second kappa shape index (κ2) is 5.78. The van der Waals surface area contributed by atoms with Gasteiger partial charge in [0.15, 0.2) is 5.03 Å². The molecule has 0 aromatic carbocycles. The van der Waals surface area contributed by atoms with Crippen LogP contribution in [0.5, 0.6) is 0 Å². The Kier molecular flexibility index (Phi) is 4.64. The minimum atomic E-state index is -3.67. The van der Waals surface area contributed by atoms with E-state index in [1.807, 2.05) is 0 Å². The van der Waals surface area contributed by atoms with E-state index in [1.54, 1.807) is 13.8 Å². The number of H-pyrrole nitrogens is 1. The molecule has 8 heteroatoms. The number of carbonyl (C=O) groups is 1. The van der Waals surface area contributed by atoms with Gasteiger partial charge in [-0.05, 0) is 13.0 Å². The van der Waals surface area contributed by atoms with E-state index in [1.165, 1.54) is 12.3 Å². The molecule has 1 amide bonds. The Morgan fingerprint density at radius 1 is 1.53 bits per heavy atom. The molecular weight excluding hydrogens is 244 g/mol. The molecule has 0 unspecified atom stereocenters. The highest BCUT2D eigenvalue weighted by atomic mass is 32.2. The molecule has 1 heterocycles. The smallest absolute Gasteiger partial charge is 0.260 e. The normalized spacial score (nSPS) is 11.7. The zero-order valence-corrected chi connectivity index (χ0v) is 10.6. The van der Waals surface area contributed by atoms with E-state index in [-0.39, 0.29) is 24.0 Å². The molecule has 7 nitrogen and oxygen atoms in total. The van der Waals surface area contributed by atoms with Crippen molar-refractivity contribution < 1.29 is 13.2 Å². The van der Waals surface area contributed by atoms with Gasteiger partial charge in [0.1, 0.15) is 0 Å². The number of hydrogen-bond acceptors (Lipinski definition) is 4. The van der Waals surface area contributed by atoms with E-state index < -0.39 is 10.0 Å².